The maximum atomic E-state index is 14.7. The number of thiazole rings is 1. The van der Waals surface area contributed by atoms with E-state index in [1.807, 2.05) is 5.38 Å². The maximum Gasteiger partial charge on any atom is 0.277 e. The number of aliphatic hydroxyl groups excluding tert-OH is 1. The van der Waals surface area contributed by atoms with E-state index in [1.165, 1.54) is 67.1 Å². The van der Waals surface area contributed by atoms with Crippen molar-refractivity contribution in [1.29, 1.82) is 5.41 Å². The second-order valence-electron chi connectivity index (χ2n) is 7.52. The quantitative estimate of drug-likeness (QED) is 0.367. The predicted molar refractivity (Wildman–Crippen MR) is 132 cm³/mol. The molecule has 0 radical (unpaired) electrons. The van der Waals surface area contributed by atoms with Crippen LogP contribution in [0.3, 0.4) is 0 Å². The third-order valence-corrected chi connectivity index (χ3v) is 6.03. The van der Waals surface area contributed by atoms with Crippen LogP contribution in [-0.4, -0.2) is 47.7 Å². The fraction of sp³-hybridized carbons (Fsp3) is 0.200. The lowest BCUT2D eigenvalue weighted by Gasteiger charge is -2.20. The van der Waals surface area contributed by atoms with Crippen molar-refractivity contribution >= 4 is 34.9 Å². The first-order chi connectivity index (χ1) is 16.8. The Kier molecular flexibility index (Phi) is 9.07. The molecule has 35 heavy (non-hydrogen) atoms. The van der Waals surface area contributed by atoms with Gasteiger partial charge in [-0.3, -0.25) is 4.79 Å². The minimum absolute atomic E-state index is 0.0814. The number of allylic oxidation sites excluding steroid dienone is 1. The van der Waals surface area contributed by atoms with Gasteiger partial charge < -0.3 is 21.0 Å². The number of aliphatic hydroxyl groups is 1. The zero-order valence-electron chi connectivity index (χ0n) is 18.8. The summed E-state index contributed by atoms with van der Waals surface area (Å²) in [5, 5.41) is 20.4. The summed E-state index contributed by atoms with van der Waals surface area (Å²) in [6.45, 7) is -0.293. The largest absolute Gasteiger partial charge is 0.398 e. The second kappa shape index (κ2) is 12.2. The van der Waals surface area contributed by atoms with E-state index in [9.17, 15) is 18.7 Å². The molecule has 0 aliphatic heterocycles. The molecule has 2 aromatic carbocycles. The van der Waals surface area contributed by atoms with E-state index in [2.05, 4.69) is 9.98 Å². The monoisotopic (exact) mass is 498 g/mol. The summed E-state index contributed by atoms with van der Waals surface area (Å²) >= 11 is 1.42. The van der Waals surface area contributed by atoms with Gasteiger partial charge in [0, 0.05) is 48.5 Å². The van der Waals surface area contributed by atoms with Crippen molar-refractivity contribution in [3.63, 3.8) is 0 Å². The van der Waals surface area contributed by atoms with Crippen molar-refractivity contribution in [2.45, 2.75) is 12.5 Å². The molecule has 0 saturated carbocycles. The number of nitrogens with two attached hydrogens (primary N) is 1. The lowest BCUT2D eigenvalue weighted by molar-refractivity contribution is 0.0273. The average molecular weight is 499 g/mol. The number of nitrogens with zero attached hydrogens (tertiary/aromatic N) is 2. The number of ether oxygens (including phenoxy) is 1. The maximum absolute atomic E-state index is 14.7. The van der Waals surface area contributed by atoms with E-state index in [0.29, 0.717) is 12.0 Å². The highest BCUT2D eigenvalue weighted by molar-refractivity contribution is 7.09. The first kappa shape index (κ1) is 26.0. The molecule has 0 fully saturated rings. The number of carbonyl (C=O) groups is 1. The molecule has 10 heteroatoms. The van der Waals surface area contributed by atoms with Crippen LogP contribution in [0.15, 0.2) is 65.1 Å². The van der Waals surface area contributed by atoms with Gasteiger partial charge in [0.1, 0.15) is 11.6 Å². The van der Waals surface area contributed by atoms with Crippen molar-refractivity contribution in [2.75, 3.05) is 13.7 Å². The van der Waals surface area contributed by atoms with E-state index in [-0.39, 0.29) is 29.1 Å². The van der Waals surface area contributed by atoms with Gasteiger partial charge in [-0.1, -0.05) is 6.07 Å². The Labute approximate surface area is 205 Å². The number of aromatic nitrogens is 1. The van der Waals surface area contributed by atoms with Crippen LogP contribution >= 0.6 is 11.3 Å². The Morgan fingerprint density at radius 1 is 1.29 bits per heavy atom. The smallest absolute Gasteiger partial charge is 0.277 e. The number of hydrogen-bond donors (Lipinski definition) is 3. The first-order valence-electron chi connectivity index (χ1n) is 10.5. The molecule has 1 aromatic heterocycles. The van der Waals surface area contributed by atoms with Crippen molar-refractivity contribution in [2.24, 2.45) is 16.6 Å². The number of aliphatic imine (C=N–C) groups is 1. The summed E-state index contributed by atoms with van der Waals surface area (Å²) in [6.07, 6.45) is 3.98. The number of halogens is 2. The summed E-state index contributed by atoms with van der Waals surface area (Å²) in [7, 11) is 1.44. The highest BCUT2D eigenvalue weighted by Gasteiger charge is 2.22. The number of methoxy groups -OCH3 is 1. The highest BCUT2D eigenvalue weighted by atomic mass is 32.1. The molecule has 0 spiro atoms. The lowest BCUT2D eigenvalue weighted by Crippen LogP contribution is -2.29. The van der Waals surface area contributed by atoms with Gasteiger partial charge in [0.25, 0.3) is 5.91 Å². The SMILES string of the molecule is COC(CO)C(C=NC(=O)c1cccc(F)c1C(N)=CC(=N)c1ccc(F)cc1)Cc1nccs1. The topological polar surface area (TPSA) is 122 Å². The Morgan fingerprint density at radius 3 is 2.66 bits per heavy atom. The fourth-order valence-electron chi connectivity index (χ4n) is 3.39. The van der Waals surface area contributed by atoms with Crippen LogP contribution in [-0.2, 0) is 11.2 Å². The van der Waals surface area contributed by atoms with Crippen LogP contribution in [0.1, 0.15) is 26.5 Å². The Hall–Kier alpha value is -3.60. The van der Waals surface area contributed by atoms with Crippen LogP contribution in [0.5, 0.6) is 0 Å². The number of carbonyl (C=O) groups excluding carboxylic acids is 1. The molecule has 4 N–H and O–H groups in total. The van der Waals surface area contributed by atoms with Crippen LogP contribution < -0.4 is 5.73 Å². The molecular weight excluding hydrogens is 474 g/mol. The Morgan fingerprint density at radius 2 is 2.03 bits per heavy atom. The summed E-state index contributed by atoms with van der Waals surface area (Å²) in [6, 6.07) is 9.08. The Balaban J connectivity index is 1.89. The minimum atomic E-state index is -0.754. The van der Waals surface area contributed by atoms with Gasteiger partial charge in [-0.05, 0) is 48.0 Å². The second-order valence-corrected chi connectivity index (χ2v) is 8.50. The minimum Gasteiger partial charge on any atom is -0.398 e. The normalized spacial score (nSPS) is 13.7. The third-order valence-electron chi connectivity index (χ3n) is 5.23. The molecule has 0 aliphatic carbocycles. The average Bonchev–Trinajstić information content (AvgIpc) is 3.36. The molecule has 1 heterocycles. The molecule has 2 atom stereocenters. The van der Waals surface area contributed by atoms with Crippen LogP contribution in [0.25, 0.3) is 5.70 Å². The van der Waals surface area contributed by atoms with E-state index in [0.717, 1.165) is 11.1 Å². The number of amides is 1. The number of hydrogen-bond acceptors (Lipinski definition) is 7. The molecule has 0 bridgehead atoms. The fourth-order valence-corrected chi connectivity index (χ4v) is 4.08. The molecule has 3 aromatic rings. The van der Waals surface area contributed by atoms with E-state index >= 15 is 0 Å². The molecule has 0 aliphatic rings. The highest BCUT2D eigenvalue weighted by Crippen LogP contribution is 2.22. The van der Waals surface area contributed by atoms with Crippen LogP contribution in [0, 0.1) is 23.0 Å². The van der Waals surface area contributed by atoms with Crippen molar-refractivity contribution in [1.82, 2.24) is 4.98 Å². The zero-order chi connectivity index (χ0) is 25.4. The number of nitrogens with one attached hydrogen (secondary N) is 1. The van der Waals surface area contributed by atoms with E-state index in [1.54, 1.807) is 6.20 Å². The van der Waals surface area contributed by atoms with E-state index in [4.69, 9.17) is 15.9 Å². The Bertz CT molecular complexity index is 1220. The number of rotatable bonds is 10. The van der Waals surface area contributed by atoms with Gasteiger partial charge in [-0.2, -0.15) is 0 Å². The van der Waals surface area contributed by atoms with Crippen molar-refractivity contribution < 1.29 is 23.4 Å². The first-order valence-corrected chi connectivity index (χ1v) is 11.4. The third kappa shape index (κ3) is 6.72. The summed E-state index contributed by atoms with van der Waals surface area (Å²) in [4.78, 5) is 21.2. The summed E-state index contributed by atoms with van der Waals surface area (Å²) in [5.41, 5.74) is 5.94. The van der Waals surface area contributed by atoms with Crippen molar-refractivity contribution in [3.8, 4) is 0 Å². The molecular formula is C25H24F2N4O3S. The standard InChI is InChI=1S/C25H24F2N4O3S/c1-34-22(14-32)16(11-23-30-9-10-35-23)13-31-25(33)18-3-2-4-19(27)24(18)21(29)12-20(28)15-5-7-17(26)8-6-15/h2-10,12-13,16,22,28,32H,11,14,29H2,1H3. The molecule has 7 nitrogen and oxygen atoms in total. The lowest BCUT2D eigenvalue weighted by atomic mass is 9.99. The van der Waals surface area contributed by atoms with Gasteiger partial charge in [0.2, 0.25) is 0 Å². The molecule has 2 unspecified atom stereocenters. The predicted octanol–water partition coefficient (Wildman–Crippen LogP) is 3.87. The van der Waals surface area contributed by atoms with Crippen molar-refractivity contribution in [3.05, 3.63) is 93.4 Å². The van der Waals surface area contributed by atoms with Crippen LogP contribution in [0.2, 0.25) is 0 Å². The van der Waals surface area contributed by atoms with Gasteiger partial charge in [0.15, 0.2) is 0 Å². The molecule has 1 amide bonds. The molecule has 0 saturated heterocycles. The van der Waals surface area contributed by atoms with Gasteiger partial charge in [-0.15, -0.1) is 11.3 Å². The summed E-state index contributed by atoms with van der Waals surface area (Å²) < 4.78 is 33.2. The van der Waals surface area contributed by atoms with Crippen LogP contribution in [0.4, 0.5) is 8.78 Å². The molecule has 182 valence electrons. The zero-order valence-corrected chi connectivity index (χ0v) is 19.6. The van der Waals surface area contributed by atoms with E-state index < -0.39 is 29.6 Å². The van der Waals surface area contributed by atoms with Gasteiger partial charge in [-0.25, -0.2) is 18.8 Å². The van der Waals surface area contributed by atoms with Gasteiger partial charge in [0.05, 0.1) is 29.0 Å². The van der Waals surface area contributed by atoms with Gasteiger partial charge >= 0.3 is 0 Å². The number of benzene rings is 2. The molecule has 3 rings (SSSR count). The summed E-state index contributed by atoms with van der Waals surface area (Å²) in [5.74, 6) is -2.42.